The zero-order valence-corrected chi connectivity index (χ0v) is 17.0. The van der Waals surface area contributed by atoms with Gasteiger partial charge in [0.05, 0.1) is 17.4 Å². The maximum absolute atomic E-state index is 13.0. The topological polar surface area (TPSA) is 62.3 Å². The summed E-state index contributed by atoms with van der Waals surface area (Å²) in [6, 6.07) is 15.7. The quantitative estimate of drug-likeness (QED) is 0.676. The average Bonchev–Trinajstić information content (AvgIpc) is 2.71. The van der Waals surface area contributed by atoms with Gasteiger partial charge in [-0.2, -0.15) is 0 Å². The van der Waals surface area contributed by atoms with Crippen LogP contribution in [0.5, 0.6) is 0 Å². The van der Waals surface area contributed by atoms with Crippen LogP contribution in [0.15, 0.2) is 60.9 Å². The van der Waals surface area contributed by atoms with Crippen LogP contribution in [0.2, 0.25) is 0 Å². The molecule has 0 bridgehead atoms. The van der Waals surface area contributed by atoms with Crippen LogP contribution in [0.25, 0.3) is 10.8 Å². The first-order valence-electron chi connectivity index (χ1n) is 9.79. The van der Waals surface area contributed by atoms with Crippen LogP contribution in [-0.2, 0) is 10.2 Å². The van der Waals surface area contributed by atoms with Crippen molar-refractivity contribution >= 4 is 28.8 Å². The number of aryl methyl sites for hydroxylation is 1. The number of urea groups is 1. The van der Waals surface area contributed by atoms with Crippen molar-refractivity contribution in [2.75, 3.05) is 11.9 Å². The second kappa shape index (κ2) is 6.99. The average molecular weight is 387 g/mol. The Bertz CT molecular complexity index is 1080. The van der Waals surface area contributed by atoms with Crippen molar-refractivity contribution in [1.29, 1.82) is 0 Å². The van der Waals surface area contributed by atoms with Crippen molar-refractivity contribution in [2.24, 2.45) is 0 Å². The molecule has 1 aliphatic rings. The van der Waals surface area contributed by atoms with E-state index < -0.39 is 5.54 Å². The molecule has 148 valence electrons. The van der Waals surface area contributed by atoms with E-state index in [2.05, 4.69) is 36.3 Å². The number of nitrogens with one attached hydrogen (secondary N) is 1. The normalized spacial score (nSPS) is 23.3. The van der Waals surface area contributed by atoms with E-state index >= 15 is 0 Å². The molecule has 0 atom stereocenters. The third-order valence-electron chi connectivity index (χ3n) is 6.10. The van der Waals surface area contributed by atoms with Gasteiger partial charge in [0.1, 0.15) is 6.29 Å². The second-order valence-electron chi connectivity index (χ2n) is 8.37. The standard InChI is InChI=1S/C24H25N3O2/c1-17-8-4-7-11-20(17)23(2)14-24(15-23,16-28)26-22(29)27(3)21-13-25-12-18-9-5-6-10-19(18)21/h4-13,16H,14-15H2,1-3H3,(H,26,29). The first-order valence-corrected chi connectivity index (χ1v) is 9.79. The zero-order valence-electron chi connectivity index (χ0n) is 17.0. The molecule has 3 aromatic rings. The number of amides is 2. The predicted molar refractivity (Wildman–Crippen MR) is 115 cm³/mol. The predicted octanol–water partition coefficient (Wildman–Crippen LogP) is 4.38. The van der Waals surface area contributed by atoms with E-state index in [1.807, 2.05) is 36.4 Å². The van der Waals surface area contributed by atoms with Crippen LogP contribution >= 0.6 is 0 Å². The molecule has 0 saturated heterocycles. The molecule has 5 nitrogen and oxygen atoms in total. The van der Waals surface area contributed by atoms with E-state index in [9.17, 15) is 9.59 Å². The summed E-state index contributed by atoms with van der Waals surface area (Å²) in [6.07, 6.45) is 5.51. The SMILES string of the molecule is Cc1ccccc1C1(C)CC(C=O)(NC(=O)N(C)c2cncc3ccccc23)C1. The Morgan fingerprint density at radius 2 is 1.79 bits per heavy atom. The highest BCUT2D eigenvalue weighted by molar-refractivity contribution is 6.03. The van der Waals surface area contributed by atoms with Crippen molar-refractivity contribution in [3.05, 3.63) is 72.1 Å². The molecule has 0 spiro atoms. The lowest BCUT2D eigenvalue weighted by molar-refractivity contribution is -0.118. The van der Waals surface area contributed by atoms with Crippen molar-refractivity contribution in [3.8, 4) is 0 Å². The van der Waals surface area contributed by atoms with E-state index in [1.54, 1.807) is 19.4 Å². The number of anilines is 1. The minimum Gasteiger partial charge on any atom is -0.325 e. The summed E-state index contributed by atoms with van der Waals surface area (Å²) in [6.45, 7) is 4.24. The highest BCUT2D eigenvalue weighted by atomic mass is 16.2. The molecule has 0 unspecified atom stereocenters. The lowest BCUT2D eigenvalue weighted by Gasteiger charge is -2.53. The van der Waals surface area contributed by atoms with Gasteiger partial charge in [0.15, 0.2) is 0 Å². The molecular formula is C24H25N3O2. The molecule has 1 aromatic heterocycles. The molecule has 5 heteroatoms. The third kappa shape index (κ3) is 3.27. The Kier molecular flexibility index (Phi) is 4.61. The van der Waals surface area contributed by atoms with Crippen molar-refractivity contribution in [3.63, 3.8) is 0 Å². The number of aldehydes is 1. The van der Waals surface area contributed by atoms with E-state index in [1.165, 1.54) is 16.0 Å². The molecule has 1 N–H and O–H groups in total. The van der Waals surface area contributed by atoms with Gasteiger partial charge in [0, 0.05) is 24.0 Å². The Hall–Kier alpha value is -3.21. The highest BCUT2D eigenvalue weighted by Crippen LogP contribution is 2.50. The van der Waals surface area contributed by atoms with Crippen molar-refractivity contribution < 1.29 is 9.59 Å². The zero-order chi connectivity index (χ0) is 20.6. The number of nitrogens with zero attached hydrogens (tertiary/aromatic N) is 2. The summed E-state index contributed by atoms with van der Waals surface area (Å²) in [4.78, 5) is 30.8. The third-order valence-corrected chi connectivity index (χ3v) is 6.10. The largest absolute Gasteiger partial charge is 0.325 e. The fraction of sp³-hybridized carbons (Fsp3) is 0.292. The molecule has 1 aliphatic carbocycles. The number of hydrogen-bond donors (Lipinski definition) is 1. The van der Waals surface area contributed by atoms with Gasteiger partial charge >= 0.3 is 6.03 Å². The van der Waals surface area contributed by atoms with E-state index in [4.69, 9.17) is 0 Å². The number of benzene rings is 2. The van der Waals surface area contributed by atoms with Crippen LogP contribution in [-0.4, -0.2) is 29.9 Å². The summed E-state index contributed by atoms with van der Waals surface area (Å²) in [5.74, 6) is 0. The Morgan fingerprint density at radius 3 is 2.52 bits per heavy atom. The Morgan fingerprint density at radius 1 is 1.10 bits per heavy atom. The summed E-state index contributed by atoms with van der Waals surface area (Å²) in [5.41, 5.74) is 2.18. The fourth-order valence-electron chi connectivity index (χ4n) is 4.76. The lowest BCUT2D eigenvalue weighted by atomic mass is 9.55. The van der Waals surface area contributed by atoms with Crippen molar-refractivity contribution in [2.45, 2.75) is 37.6 Å². The van der Waals surface area contributed by atoms with Gasteiger partial charge < -0.3 is 10.1 Å². The molecule has 29 heavy (non-hydrogen) atoms. The molecular weight excluding hydrogens is 362 g/mol. The van der Waals surface area contributed by atoms with Crippen LogP contribution < -0.4 is 10.2 Å². The number of pyridine rings is 1. The minimum atomic E-state index is -0.847. The molecule has 4 rings (SSSR count). The first kappa shape index (κ1) is 19.1. The van der Waals surface area contributed by atoms with Gasteiger partial charge in [-0.1, -0.05) is 55.5 Å². The van der Waals surface area contributed by atoms with Crippen LogP contribution in [0.4, 0.5) is 10.5 Å². The molecule has 0 radical (unpaired) electrons. The Balaban J connectivity index is 1.54. The number of rotatable bonds is 4. The number of aromatic nitrogens is 1. The number of carbonyl (C=O) groups is 2. The summed E-state index contributed by atoms with van der Waals surface area (Å²) >= 11 is 0. The molecule has 1 fully saturated rings. The van der Waals surface area contributed by atoms with Crippen molar-refractivity contribution in [1.82, 2.24) is 10.3 Å². The van der Waals surface area contributed by atoms with Gasteiger partial charge in [-0.3, -0.25) is 9.88 Å². The van der Waals surface area contributed by atoms with E-state index in [0.29, 0.717) is 18.5 Å². The van der Waals surface area contributed by atoms with Crippen LogP contribution in [0.1, 0.15) is 30.9 Å². The minimum absolute atomic E-state index is 0.126. The molecule has 1 saturated carbocycles. The molecule has 1 heterocycles. The summed E-state index contributed by atoms with van der Waals surface area (Å²) in [5, 5.41) is 4.88. The number of hydrogen-bond acceptors (Lipinski definition) is 3. The van der Waals surface area contributed by atoms with Gasteiger partial charge in [-0.15, -0.1) is 0 Å². The number of carbonyl (C=O) groups excluding carboxylic acids is 2. The van der Waals surface area contributed by atoms with Gasteiger partial charge in [0.25, 0.3) is 0 Å². The van der Waals surface area contributed by atoms with Gasteiger partial charge in [-0.25, -0.2) is 4.79 Å². The van der Waals surface area contributed by atoms with Gasteiger partial charge in [0.2, 0.25) is 0 Å². The summed E-state index contributed by atoms with van der Waals surface area (Å²) in [7, 11) is 1.70. The molecule has 2 amide bonds. The van der Waals surface area contributed by atoms with Crippen LogP contribution in [0, 0.1) is 6.92 Å². The fourth-order valence-corrected chi connectivity index (χ4v) is 4.76. The maximum Gasteiger partial charge on any atom is 0.322 e. The number of fused-ring (bicyclic) bond motifs is 1. The monoisotopic (exact) mass is 387 g/mol. The smallest absolute Gasteiger partial charge is 0.322 e. The molecule has 0 aliphatic heterocycles. The summed E-state index contributed by atoms with van der Waals surface area (Å²) < 4.78 is 0. The van der Waals surface area contributed by atoms with E-state index in [-0.39, 0.29) is 11.4 Å². The second-order valence-corrected chi connectivity index (χ2v) is 8.37. The first-order chi connectivity index (χ1) is 13.9. The van der Waals surface area contributed by atoms with E-state index in [0.717, 1.165) is 17.1 Å². The van der Waals surface area contributed by atoms with Crippen LogP contribution in [0.3, 0.4) is 0 Å². The maximum atomic E-state index is 13.0. The lowest BCUT2D eigenvalue weighted by Crippen LogP contribution is -2.65. The highest BCUT2D eigenvalue weighted by Gasteiger charge is 2.54. The van der Waals surface area contributed by atoms with Gasteiger partial charge in [-0.05, 0) is 36.3 Å². The Labute approximate surface area is 170 Å². The molecule has 2 aromatic carbocycles.